The summed E-state index contributed by atoms with van der Waals surface area (Å²) >= 11 is 1.36. The fourth-order valence-electron chi connectivity index (χ4n) is 5.29. The lowest BCUT2D eigenvalue weighted by Gasteiger charge is -2.39. The van der Waals surface area contributed by atoms with E-state index in [1.165, 1.54) is 22.5 Å². The Labute approximate surface area is 244 Å². The molecule has 0 spiro atoms. The van der Waals surface area contributed by atoms with Crippen LogP contribution in [0.1, 0.15) is 27.6 Å². The minimum absolute atomic E-state index is 0.121. The summed E-state index contributed by atoms with van der Waals surface area (Å²) in [5, 5.41) is 13.1. The lowest BCUT2D eigenvalue weighted by molar-refractivity contribution is -0.139. The second-order valence-corrected chi connectivity index (χ2v) is 11.1. The molecule has 1 N–H and O–H groups in total. The molecule has 1 saturated heterocycles. The lowest BCUT2D eigenvalue weighted by atomic mass is 9.96. The van der Waals surface area contributed by atoms with Gasteiger partial charge < -0.3 is 15.0 Å². The molecular weight excluding hydrogens is 532 g/mol. The van der Waals surface area contributed by atoms with Crippen LogP contribution in [-0.2, 0) is 14.3 Å². The third-order valence-electron chi connectivity index (χ3n) is 7.23. The first kappa shape index (κ1) is 28.2. The number of aryl methyl sites for hydroxylation is 1. The van der Waals surface area contributed by atoms with E-state index in [2.05, 4.69) is 64.8 Å². The second kappa shape index (κ2) is 13.4. The fourth-order valence-corrected chi connectivity index (χ4v) is 6.33. The summed E-state index contributed by atoms with van der Waals surface area (Å²) in [6, 6.07) is 32.9. The Morgan fingerprint density at radius 1 is 0.878 bits per heavy atom. The van der Waals surface area contributed by atoms with Crippen molar-refractivity contribution in [2.75, 3.05) is 44.7 Å². The summed E-state index contributed by atoms with van der Waals surface area (Å²) in [4.78, 5) is 30.6. The monoisotopic (exact) mass is 564 g/mol. The van der Waals surface area contributed by atoms with E-state index in [1.807, 2.05) is 49.4 Å². The SMILES string of the molecule is Cc1sc(NC(=O)COCC(=O)N2CCN(C(c3ccccc3)c3ccccc3)CC2)c(C#N)c1-c1ccccc1. The van der Waals surface area contributed by atoms with Gasteiger partial charge in [0.25, 0.3) is 5.91 Å². The molecule has 2 heterocycles. The molecule has 2 amide bonds. The van der Waals surface area contributed by atoms with Crippen molar-refractivity contribution < 1.29 is 14.3 Å². The number of ether oxygens (including phenoxy) is 1. The Hall–Kier alpha value is -4.29. The molecule has 1 aliphatic heterocycles. The van der Waals surface area contributed by atoms with Gasteiger partial charge in [0.2, 0.25) is 5.91 Å². The average Bonchev–Trinajstić information content (AvgIpc) is 3.33. The molecule has 5 rings (SSSR count). The number of benzene rings is 3. The first-order valence-corrected chi connectivity index (χ1v) is 14.4. The minimum atomic E-state index is -0.395. The van der Waals surface area contributed by atoms with Gasteiger partial charge in [-0.2, -0.15) is 5.26 Å². The van der Waals surface area contributed by atoms with Crippen molar-refractivity contribution in [1.82, 2.24) is 9.80 Å². The quantitative estimate of drug-likeness (QED) is 0.291. The van der Waals surface area contributed by atoms with Crippen LogP contribution in [0.2, 0.25) is 0 Å². The normalized spacial score (nSPS) is 13.6. The van der Waals surface area contributed by atoms with Crippen LogP contribution >= 0.6 is 11.3 Å². The zero-order valence-corrected chi connectivity index (χ0v) is 23.8. The predicted molar refractivity (Wildman–Crippen MR) is 162 cm³/mol. The van der Waals surface area contributed by atoms with Crippen LogP contribution in [0.5, 0.6) is 0 Å². The highest BCUT2D eigenvalue weighted by molar-refractivity contribution is 7.17. The number of amides is 2. The Kier molecular flexibility index (Phi) is 9.22. The molecule has 0 saturated carbocycles. The van der Waals surface area contributed by atoms with Gasteiger partial charge in [0, 0.05) is 36.6 Å². The van der Waals surface area contributed by atoms with Gasteiger partial charge in [-0.05, 0) is 23.6 Å². The van der Waals surface area contributed by atoms with E-state index >= 15 is 0 Å². The molecule has 208 valence electrons. The molecule has 0 radical (unpaired) electrons. The maximum Gasteiger partial charge on any atom is 0.251 e. The van der Waals surface area contributed by atoms with Crippen molar-refractivity contribution in [1.29, 1.82) is 5.26 Å². The van der Waals surface area contributed by atoms with Gasteiger partial charge in [-0.3, -0.25) is 14.5 Å². The van der Waals surface area contributed by atoms with Crippen LogP contribution < -0.4 is 5.32 Å². The smallest absolute Gasteiger partial charge is 0.251 e. The molecule has 1 fully saturated rings. The third kappa shape index (κ3) is 6.72. The number of thiophene rings is 1. The van der Waals surface area contributed by atoms with Gasteiger partial charge in [0.15, 0.2) is 0 Å². The molecule has 0 aliphatic carbocycles. The first-order valence-electron chi connectivity index (χ1n) is 13.6. The van der Waals surface area contributed by atoms with Crippen LogP contribution in [0, 0.1) is 18.3 Å². The Morgan fingerprint density at radius 2 is 1.44 bits per heavy atom. The fraction of sp³-hybridized carbons (Fsp3) is 0.242. The molecule has 7 nitrogen and oxygen atoms in total. The van der Waals surface area contributed by atoms with Crippen LogP contribution in [0.3, 0.4) is 0 Å². The molecule has 1 aromatic heterocycles. The van der Waals surface area contributed by atoms with Crippen molar-refractivity contribution in [3.8, 4) is 17.2 Å². The summed E-state index contributed by atoms with van der Waals surface area (Å²) in [6.07, 6.45) is 0. The van der Waals surface area contributed by atoms with Gasteiger partial charge in [0.05, 0.1) is 11.6 Å². The summed E-state index contributed by atoms with van der Waals surface area (Å²) in [7, 11) is 0. The first-order chi connectivity index (χ1) is 20.0. The van der Waals surface area contributed by atoms with E-state index in [0.29, 0.717) is 23.7 Å². The molecular formula is C33H32N4O3S. The van der Waals surface area contributed by atoms with Crippen LogP contribution in [-0.4, -0.2) is 61.0 Å². The topological polar surface area (TPSA) is 85.7 Å². The van der Waals surface area contributed by atoms with Crippen molar-refractivity contribution >= 4 is 28.2 Å². The summed E-state index contributed by atoms with van der Waals surface area (Å²) in [5.74, 6) is -0.530. The largest absolute Gasteiger partial charge is 0.362 e. The summed E-state index contributed by atoms with van der Waals surface area (Å²) in [5.41, 5.74) is 4.64. The number of nitriles is 1. The third-order valence-corrected chi connectivity index (χ3v) is 8.25. The second-order valence-electron chi connectivity index (χ2n) is 9.90. The van der Waals surface area contributed by atoms with E-state index in [0.717, 1.165) is 29.1 Å². The van der Waals surface area contributed by atoms with Crippen molar-refractivity contribution in [2.24, 2.45) is 0 Å². The molecule has 1 aliphatic rings. The molecule has 41 heavy (non-hydrogen) atoms. The highest BCUT2D eigenvalue weighted by Crippen LogP contribution is 2.39. The highest BCUT2D eigenvalue weighted by Gasteiger charge is 2.28. The highest BCUT2D eigenvalue weighted by atomic mass is 32.1. The van der Waals surface area contributed by atoms with E-state index in [1.54, 1.807) is 4.90 Å². The minimum Gasteiger partial charge on any atom is -0.362 e. The van der Waals surface area contributed by atoms with E-state index in [9.17, 15) is 14.9 Å². The summed E-state index contributed by atoms with van der Waals surface area (Å²) < 4.78 is 5.50. The van der Waals surface area contributed by atoms with Gasteiger partial charge in [0.1, 0.15) is 24.3 Å². The standard InChI is InChI=1S/C33H32N4O3S/c1-24-31(25-11-5-2-6-12-25)28(21-34)33(41-24)35-29(38)22-40-23-30(39)36-17-19-37(20-18-36)32(26-13-7-3-8-14-26)27-15-9-4-10-16-27/h2-16,32H,17-20,22-23H2,1H3,(H,35,38). The van der Waals surface area contributed by atoms with Crippen molar-refractivity contribution in [2.45, 2.75) is 13.0 Å². The number of carbonyl (C=O) groups excluding carboxylic acids is 2. The van der Waals surface area contributed by atoms with Gasteiger partial charge >= 0.3 is 0 Å². The number of carbonyl (C=O) groups is 2. The molecule has 4 aromatic rings. The maximum absolute atomic E-state index is 12.9. The Bertz CT molecular complexity index is 1470. The molecule has 8 heteroatoms. The van der Waals surface area contributed by atoms with Crippen LogP contribution in [0.15, 0.2) is 91.0 Å². The lowest BCUT2D eigenvalue weighted by Crippen LogP contribution is -2.50. The Balaban J connectivity index is 1.13. The zero-order valence-electron chi connectivity index (χ0n) is 23.0. The summed E-state index contributed by atoms with van der Waals surface area (Å²) in [6.45, 7) is 4.15. The van der Waals surface area contributed by atoms with Crippen molar-refractivity contribution in [3.05, 3.63) is 113 Å². The van der Waals surface area contributed by atoms with Crippen LogP contribution in [0.4, 0.5) is 5.00 Å². The van der Waals surface area contributed by atoms with Gasteiger partial charge in [-0.1, -0.05) is 91.0 Å². The van der Waals surface area contributed by atoms with Crippen LogP contribution in [0.25, 0.3) is 11.1 Å². The molecule has 0 atom stereocenters. The number of piperazine rings is 1. The number of hydrogen-bond donors (Lipinski definition) is 1. The number of hydrogen-bond acceptors (Lipinski definition) is 6. The number of nitrogens with one attached hydrogen (secondary N) is 1. The zero-order chi connectivity index (χ0) is 28.6. The number of nitrogens with zero attached hydrogens (tertiary/aromatic N) is 3. The average molecular weight is 565 g/mol. The Morgan fingerprint density at radius 3 is 2.00 bits per heavy atom. The van der Waals surface area contributed by atoms with Gasteiger partial charge in [-0.15, -0.1) is 11.3 Å². The molecule has 0 unspecified atom stereocenters. The number of rotatable bonds is 9. The van der Waals surface area contributed by atoms with E-state index in [4.69, 9.17) is 4.74 Å². The van der Waals surface area contributed by atoms with E-state index < -0.39 is 5.91 Å². The molecule has 3 aromatic carbocycles. The van der Waals surface area contributed by atoms with Gasteiger partial charge in [-0.25, -0.2) is 0 Å². The van der Waals surface area contributed by atoms with E-state index in [-0.39, 0.29) is 25.2 Å². The van der Waals surface area contributed by atoms with Crippen molar-refractivity contribution in [3.63, 3.8) is 0 Å². The predicted octanol–water partition coefficient (Wildman–Crippen LogP) is 5.48. The maximum atomic E-state index is 12.9. The molecule has 0 bridgehead atoms. The number of anilines is 1.